The third-order valence-electron chi connectivity index (χ3n) is 6.97. The number of piperidine rings is 1. The average molecular weight is 466 g/mol. The standard InChI is InChI=1S/C28H27N5O2/c29-16-23-10-13-30-17-26(23)33-18-24(19-33)27(34)31-25-8-6-20(7-9-25)21-11-14-32(15-12-21)28(35)22-4-2-1-3-5-22/h1-10,13,17,21,24H,11-12,14-15,18-19H2,(H,31,34). The molecule has 5 rings (SSSR count). The molecule has 0 atom stereocenters. The molecule has 2 amide bonds. The summed E-state index contributed by atoms with van der Waals surface area (Å²) in [5, 5.41) is 12.3. The van der Waals surface area contributed by atoms with Crippen molar-refractivity contribution in [2.24, 2.45) is 5.92 Å². The molecule has 7 nitrogen and oxygen atoms in total. The van der Waals surface area contributed by atoms with Gasteiger partial charge < -0.3 is 15.1 Å². The molecular weight excluding hydrogens is 438 g/mol. The van der Waals surface area contributed by atoms with Crippen molar-refractivity contribution in [2.45, 2.75) is 18.8 Å². The van der Waals surface area contributed by atoms with Gasteiger partial charge in [-0.15, -0.1) is 0 Å². The summed E-state index contributed by atoms with van der Waals surface area (Å²) in [5.74, 6) is 0.384. The molecule has 0 unspecified atom stereocenters. The van der Waals surface area contributed by atoms with Crippen LogP contribution in [0.5, 0.6) is 0 Å². The average Bonchev–Trinajstić information content (AvgIpc) is 2.89. The summed E-state index contributed by atoms with van der Waals surface area (Å²) < 4.78 is 0. The van der Waals surface area contributed by atoms with Gasteiger partial charge in [-0.2, -0.15) is 5.26 Å². The fraction of sp³-hybridized carbons (Fsp3) is 0.286. The molecule has 0 saturated carbocycles. The quantitative estimate of drug-likeness (QED) is 0.614. The minimum atomic E-state index is -0.118. The maximum absolute atomic E-state index is 12.7. The van der Waals surface area contributed by atoms with E-state index in [0.29, 0.717) is 24.6 Å². The number of hydrogen-bond acceptors (Lipinski definition) is 5. The molecule has 0 bridgehead atoms. The predicted molar refractivity (Wildman–Crippen MR) is 134 cm³/mol. The monoisotopic (exact) mass is 465 g/mol. The zero-order valence-corrected chi connectivity index (χ0v) is 19.4. The molecule has 0 radical (unpaired) electrons. The summed E-state index contributed by atoms with van der Waals surface area (Å²) in [6.45, 7) is 2.65. The number of anilines is 2. The number of aromatic nitrogens is 1. The Morgan fingerprint density at radius 2 is 1.69 bits per heavy atom. The molecule has 2 aromatic carbocycles. The van der Waals surface area contributed by atoms with Crippen molar-refractivity contribution in [1.82, 2.24) is 9.88 Å². The maximum atomic E-state index is 12.7. The van der Waals surface area contributed by atoms with E-state index in [2.05, 4.69) is 28.5 Å². The van der Waals surface area contributed by atoms with Gasteiger partial charge >= 0.3 is 0 Å². The topological polar surface area (TPSA) is 89.3 Å². The largest absolute Gasteiger partial charge is 0.367 e. The number of likely N-dealkylation sites (tertiary alicyclic amines) is 1. The summed E-state index contributed by atoms with van der Waals surface area (Å²) >= 11 is 0. The summed E-state index contributed by atoms with van der Waals surface area (Å²) in [7, 11) is 0. The van der Waals surface area contributed by atoms with Crippen LogP contribution in [-0.4, -0.2) is 47.9 Å². The Morgan fingerprint density at radius 1 is 0.971 bits per heavy atom. The maximum Gasteiger partial charge on any atom is 0.253 e. The third kappa shape index (κ3) is 4.87. The van der Waals surface area contributed by atoms with Crippen molar-refractivity contribution in [3.63, 3.8) is 0 Å². The summed E-state index contributed by atoms with van der Waals surface area (Å²) in [6, 6.07) is 21.4. The Hall–Kier alpha value is -4.18. The number of hydrogen-bond donors (Lipinski definition) is 1. The zero-order chi connectivity index (χ0) is 24.2. The molecule has 1 aromatic heterocycles. The SMILES string of the molecule is N#Cc1ccncc1N1CC(C(=O)Nc2ccc(C3CCN(C(=O)c4ccccc4)CC3)cc2)C1. The fourth-order valence-corrected chi connectivity index (χ4v) is 4.84. The van der Waals surface area contributed by atoms with E-state index in [4.69, 9.17) is 0 Å². The van der Waals surface area contributed by atoms with Gasteiger partial charge in [0.1, 0.15) is 6.07 Å². The van der Waals surface area contributed by atoms with Gasteiger partial charge in [-0.05, 0) is 54.7 Å². The van der Waals surface area contributed by atoms with Crippen LogP contribution >= 0.6 is 0 Å². The minimum Gasteiger partial charge on any atom is -0.367 e. The Labute approximate surface area is 205 Å². The second-order valence-electron chi connectivity index (χ2n) is 9.15. The van der Waals surface area contributed by atoms with Crippen molar-refractivity contribution in [3.8, 4) is 6.07 Å². The van der Waals surface area contributed by atoms with Crippen molar-refractivity contribution >= 4 is 23.2 Å². The van der Waals surface area contributed by atoms with E-state index < -0.39 is 0 Å². The highest BCUT2D eigenvalue weighted by atomic mass is 16.2. The highest BCUT2D eigenvalue weighted by Crippen LogP contribution is 2.30. The first-order chi connectivity index (χ1) is 17.1. The van der Waals surface area contributed by atoms with Crippen LogP contribution in [0.15, 0.2) is 73.1 Å². The zero-order valence-electron chi connectivity index (χ0n) is 19.4. The van der Waals surface area contributed by atoms with E-state index in [9.17, 15) is 14.9 Å². The number of amides is 2. The molecule has 0 spiro atoms. The first-order valence-corrected chi connectivity index (χ1v) is 12.0. The Kier molecular flexibility index (Phi) is 6.44. The van der Waals surface area contributed by atoms with Crippen LogP contribution in [0.4, 0.5) is 11.4 Å². The summed E-state index contributed by atoms with van der Waals surface area (Å²) in [5.41, 5.74) is 4.12. The van der Waals surface area contributed by atoms with Gasteiger partial charge in [0.05, 0.1) is 23.4 Å². The van der Waals surface area contributed by atoms with Gasteiger partial charge in [0.25, 0.3) is 5.91 Å². The molecule has 35 heavy (non-hydrogen) atoms. The second-order valence-corrected chi connectivity index (χ2v) is 9.15. The van der Waals surface area contributed by atoms with Crippen LogP contribution in [0.1, 0.15) is 40.2 Å². The molecule has 2 aliphatic heterocycles. The molecule has 2 saturated heterocycles. The normalized spacial score (nSPS) is 16.3. The number of nitrogens with one attached hydrogen (secondary N) is 1. The third-order valence-corrected chi connectivity index (χ3v) is 6.97. The predicted octanol–water partition coefficient (Wildman–Crippen LogP) is 4.05. The van der Waals surface area contributed by atoms with Gasteiger partial charge in [-0.3, -0.25) is 14.6 Å². The second kappa shape index (κ2) is 9.98. The lowest BCUT2D eigenvalue weighted by Crippen LogP contribution is -2.52. The van der Waals surface area contributed by atoms with E-state index in [1.165, 1.54) is 5.56 Å². The van der Waals surface area contributed by atoms with Crippen molar-refractivity contribution in [2.75, 3.05) is 36.4 Å². The molecule has 176 valence electrons. The summed E-state index contributed by atoms with van der Waals surface area (Å²) in [6.07, 6.45) is 5.14. The van der Waals surface area contributed by atoms with E-state index >= 15 is 0 Å². The lowest BCUT2D eigenvalue weighted by molar-refractivity contribution is -0.120. The Bertz CT molecular complexity index is 1240. The fourth-order valence-electron chi connectivity index (χ4n) is 4.84. The van der Waals surface area contributed by atoms with Crippen molar-refractivity contribution in [3.05, 3.63) is 89.7 Å². The van der Waals surface area contributed by atoms with Crippen LogP contribution < -0.4 is 10.2 Å². The molecule has 2 fully saturated rings. The van der Waals surface area contributed by atoms with Gasteiger partial charge in [0.2, 0.25) is 5.91 Å². The van der Waals surface area contributed by atoms with Gasteiger partial charge in [0.15, 0.2) is 0 Å². The molecule has 1 N–H and O–H groups in total. The number of carbonyl (C=O) groups is 2. The first-order valence-electron chi connectivity index (χ1n) is 12.0. The first kappa shape index (κ1) is 22.6. The van der Waals surface area contributed by atoms with Crippen molar-refractivity contribution < 1.29 is 9.59 Å². The van der Waals surface area contributed by atoms with Crippen LogP contribution in [0.2, 0.25) is 0 Å². The number of pyridine rings is 1. The number of nitrogens with zero attached hydrogens (tertiary/aromatic N) is 4. The molecule has 3 aromatic rings. The molecule has 3 heterocycles. The van der Waals surface area contributed by atoms with E-state index in [1.807, 2.05) is 52.3 Å². The molecule has 0 aliphatic carbocycles. The Balaban J connectivity index is 1.11. The van der Waals surface area contributed by atoms with Crippen LogP contribution in [0.3, 0.4) is 0 Å². The van der Waals surface area contributed by atoms with Crippen molar-refractivity contribution in [1.29, 1.82) is 5.26 Å². The Morgan fingerprint density at radius 3 is 2.37 bits per heavy atom. The number of rotatable bonds is 5. The number of benzene rings is 2. The van der Waals surface area contributed by atoms with Gasteiger partial charge in [-0.1, -0.05) is 30.3 Å². The molecule has 2 aliphatic rings. The van der Waals surface area contributed by atoms with E-state index in [0.717, 1.165) is 42.9 Å². The highest BCUT2D eigenvalue weighted by molar-refractivity contribution is 5.95. The van der Waals surface area contributed by atoms with Gasteiger partial charge in [0, 0.05) is 43.6 Å². The lowest BCUT2D eigenvalue weighted by atomic mass is 9.89. The van der Waals surface area contributed by atoms with Crippen LogP contribution in [0.25, 0.3) is 0 Å². The summed E-state index contributed by atoms with van der Waals surface area (Å²) in [4.78, 5) is 33.4. The lowest BCUT2D eigenvalue weighted by Gasteiger charge is -2.40. The molecule has 7 heteroatoms. The highest BCUT2D eigenvalue weighted by Gasteiger charge is 2.34. The van der Waals surface area contributed by atoms with Crippen LogP contribution in [0, 0.1) is 17.2 Å². The number of nitriles is 1. The molecular formula is C28H27N5O2. The van der Waals surface area contributed by atoms with E-state index in [-0.39, 0.29) is 17.7 Å². The minimum absolute atomic E-state index is 0.0101. The smallest absolute Gasteiger partial charge is 0.253 e. The van der Waals surface area contributed by atoms with Crippen LogP contribution in [-0.2, 0) is 4.79 Å². The van der Waals surface area contributed by atoms with Gasteiger partial charge in [-0.25, -0.2) is 0 Å². The van der Waals surface area contributed by atoms with E-state index in [1.54, 1.807) is 18.5 Å². The number of carbonyl (C=O) groups excluding carboxylic acids is 2.